The van der Waals surface area contributed by atoms with Gasteiger partial charge in [-0.25, -0.2) is 9.59 Å². The molecule has 0 radical (unpaired) electrons. The van der Waals surface area contributed by atoms with Gasteiger partial charge in [-0.3, -0.25) is 0 Å². The third-order valence-corrected chi connectivity index (χ3v) is 3.89. The molecule has 1 aliphatic heterocycles. The van der Waals surface area contributed by atoms with E-state index in [1.807, 2.05) is 6.92 Å². The molecule has 1 rings (SSSR count). The van der Waals surface area contributed by atoms with Crippen molar-refractivity contribution in [3.63, 3.8) is 0 Å². The Morgan fingerprint density at radius 3 is 2.32 bits per heavy atom. The molecule has 1 heterocycles. The van der Waals surface area contributed by atoms with Gasteiger partial charge in [-0.1, -0.05) is 20.3 Å². The van der Waals surface area contributed by atoms with Gasteiger partial charge in [0.05, 0.1) is 5.60 Å². The number of hydrogen-bond donors (Lipinski definition) is 3. The van der Waals surface area contributed by atoms with Gasteiger partial charge < -0.3 is 20.4 Å². The van der Waals surface area contributed by atoms with Gasteiger partial charge in [-0.05, 0) is 25.7 Å². The highest BCUT2D eigenvalue weighted by Crippen LogP contribution is 2.21. The van der Waals surface area contributed by atoms with E-state index < -0.39 is 17.6 Å². The van der Waals surface area contributed by atoms with Crippen molar-refractivity contribution in [2.24, 2.45) is 5.92 Å². The Morgan fingerprint density at radius 2 is 1.89 bits per heavy atom. The molecule has 0 aromatic rings. The lowest BCUT2D eigenvalue weighted by molar-refractivity contribution is -0.140. The van der Waals surface area contributed by atoms with E-state index >= 15 is 0 Å². The molecule has 2 atom stereocenters. The molecule has 0 aromatic carbocycles. The van der Waals surface area contributed by atoms with Crippen molar-refractivity contribution < 1.29 is 19.8 Å². The van der Waals surface area contributed by atoms with E-state index in [0.29, 0.717) is 32.4 Å². The van der Waals surface area contributed by atoms with Gasteiger partial charge in [0.2, 0.25) is 0 Å². The summed E-state index contributed by atoms with van der Waals surface area (Å²) in [7, 11) is 0. The summed E-state index contributed by atoms with van der Waals surface area (Å²) in [5.74, 6) is -1.12. The van der Waals surface area contributed by atoms with Crippen LogP contribution in [0.1, 0.15) is 40.0 Å². The first-order chi connectivity index (χ1) is 8.76. The van der Waals surface area contributed by atoms with Crippen molar-refractivity contribution >= 4 is 12.0 Å². The van der Waals surface area contributed by atoms with Gasteiger partial charge in [0.1, 0.15) is 6.04 Å². The predicted molar refractivity (Wildman–Crippen MR) is 70.8 cm³/mol. The molecule has 0 spiro atoms. The fourth-order valence-corrected chi connectivity index (χ4v) is 2.10. The van der Waals surface area contributed by atoms with Gasteiger partial charge in [0.25, 0.3) is 0 Å². The van der Waals surface area contributed by atoms with E-state index in [2.05, 4.69) is 5.32 Å². The van der Waals surface area contributed by atoms with Crippen LogP contribution in [-0.2, 0) is 4.79 Å². The number of nitrogens with one attached hydrogen (secondary N) is 1. The van der Waals surface area contributed by atoms with E-state index in [0.717, 1.165) is 0 Å². The lowest BCUT2D eigenvalue weighted by Gasteiger charge is -2.36. The molecule has 1 aliphatic rings. The van der Waals surface area contributed by atoms with Crippen LogP contribution >= 0.6 is 0 Å². The predicted octanol–water partition coefficient (Wildman–Crippen LogP) is 1.04. The Hall–Kier alpha value is -1.30. The molecule has 0 aliphatic carbocycles. The molecule has 1 saturated heterocycles. The van der Waals surface area contributed by atoms with Crippen molar-refractivity contribution in [2.75, 3.05) is 13.1 Å². The van der Waals surface area contributed by atoms with Gasteiger partial charge in [0, 0.05) is 13.1 Å². The Balaban J connectivity index is 2.56. The highest BCUT2D eigenvalue weighted by atomic mass is 16.4. The zero-order valence-corrected chi connectivity index (χ0v) is 11.8. The second-order valence-corrected chi connectivity index (χ2v) is 5.63. The zero-order chi connectivity index (χ0) is 14.6. The minimum absolute atomic E-state index is 0.116. The Bertz CT molecular complexity index is 334. The number of likely N-dealkylation sites (tertiary alicyclic amines) is 1. The van der Waals surface area contributed by atoms with E-state index in [1.165, 1.54) is 0 Å². The van der Waals surface area contributed by atoms with Crippen LogP contribution in [0.3, 0.4) is 0 Å². The normalized spacial score (nSPS) is 21.6. The molecular weight excluding hydrogens is 248 g/mol. The quantitative estimate of drug-likeness (QED) is 0.713. The summed E-state index contributed by atoms with van der Waals surface area (Å²) in [6, 6.07) is -1.22. The molecule has 1 fully saturated rings. The number of urea groups is 1. The Morgan fingerprint density at radius 1 is 1.37 bits per heavy atom. The maximum atomic E-state index is 12.0. The summed E-state index contributed by atoms with van der Waals surface area (Å²) in [5, 5.41) is 21.5. The summed E-state index contributed by atoms with van der Waals surface area (Å²) in [6.07, 6.45) is 1.72. The van der Waals surface area contributed by atoms with Crippen LogP contribution in [0.5, 0.6) is 0 Å². The first kappa shape index (κ1) is 15.8. The third kappa shape index (κ3) is 4.38. The van der Waals surface area contributed by atoms with Gasteiger partial charge in [-0.2, -0.15) is 0 Å². The first-order valence-corrected chi connectivity index (χ1v) is 6.77. The Labute approximate surface area is 113 Å². The molecule has 6 heteroatoms. The molecule has 3 N–H and O–H groups in total. The number of rotatable bonds is 4. The van der Waals surface area contributed by atoms with Gasteiger partial charge in [0.15, 0.2) is 0 Å². The van der Waals surface area contributed by atoms with Crippen molar-refractivity contribution in [3.8, 4) is 0 Å². The molecule has 2 amide bonds. The van der Waals surface area contributed by atoms with E-state index in [4.69, 9.17) is 5.11 Å². The third-order valence-electron chi connectivity index (χ3n) is 3.89. The minimum Gasteiger partial charge on any atom is -0.480 e. The zero-order valence-electron chi connectivity index (χ0n) is 11.8. The number of piperidine rings is 1. The van der Waals surface area contributed by atoms with E-state index in [-0.39, 0.29) is 11.9 Å². The molecule has 19 heavy (non-hydrogen) atoms. The number of carboxylic acid groups (broad SMARTS) is 1. The van der Waals surface area contributed by atoms with E-state index in [1.54, 1.807) is 18.7 Å². The monoisotopic (exact) mass is 272 g/mol. The summed E-state index contributed by atoms with van der Waals surface area (Å²) in [4.78, 5) is 24.7. The number of carbonyl (C=O) groups excluding carboxylic acids is 1. The lowest BCUT2D eigenvalue weighted by atomic mass is 9.94. The number of carbonyl (C=O) groups is 2. The standard InChI is InChI=1S/C13H24N2O4/c1-4-9(2)10(11(16)17)14-12(18)15-7-5-13(3,19)6-8-15/h9-10,19H,4-8H2,1-3H3,(H,14,18)(H,16,17). The topological polar surface area (TPSA) is 89.9 Å². The summed E-state index contributed by atoms with van der Waals surface area (Å²) >= 11 is 0. The number of hydrogen-bond acceptors (Lipinski definition) is 3. The summed E-state index contributed by atoms with van der Waals surface area (Å²) in [5.41, 5.74) is -0.723. The molecule has 0 bridgehead atoms. The number of aliphatic hydroxyl groups is 1. The van der Waals surface area contributed by atoms with Gasteiger partial charge >= 0.3 is 12.0 Å². The van der Waals surface area contributed by atoms with Crippen LogP contribution in [0.4, 0.5) is 4.79 Å². The SMILES string of the molecule is CCC(C)C(NC(=O)N1CCC(C)(O)CC1)C(=O)O. The minimum atomic E-state index is -1.01. The average molecular weight is 272 g/mol. The molecule has 2 unspecified atom stereocenters. The van der Waals surface area contributed by atoms with Crippen LogP contribution in [0, 0.1) is 5.92 Å². The van der Waals surface area contributed by atoms with Crippen LogP contribution in [0.2, 0.25) is 0 Å². The maximum Gasteiger partial charge on any atom is 0.326 e. The number of carboxylic acids is 1. The summed E-state index contributed by atoms with van der Waals surface area (Å²) < 4.78 is 0. The smallest absolute Gasteiger partial charge is 0.326 e. The molecule has 6 nitrogen and oxygen atoms in total. The second kappa shape index (κ2) is 6.23. The highest BCUT2D eigenvalue weighted by molar-refractivity contribution is 5.82. The fraction of sp³-hybridized carbons (Fsp3) is 0.846. The van der Waals surface area contributed by atoms with Crippen molar-refractivity contribution in [1.82, 2.24) is 10.2 Å². The summed E-state index contributed by atoms with van der Waals surface area (Å²) in [6.45, 7) is 6.35. The van der Waals surface area contributed by atoms with Crippen molar-refractivity contribution in [1.29, 1.82) is 0 Å². The largest absolute Gasteiger partial charge is 0.480 e. The van der Waals surface area contributed by atoms with Crippen LogP contribution in [0.15, 0.2) is 0 Å². The number of amides is 2. The maximum absolute atomic E-state index is 12.0. The number of nitrogens with zero attached hydrogens (tertiary/aromatic N) is 1. The number of aliphatic carboxylic acids is 1. The second-order valence-electron chi connectivity index (χ2n) is 5.63. The first-order valence-electron chi connectivity index (χ1n) is 6.77. The van der Waals surface area contributed by atoms with Crippen molar-refractivity contribution in [3.05, 3.63) is 0 Å². The van der Waals surface area contributed by atoms with E-state index in [9.17, 15) is 14.7 Å². The fourth-order valence-electron chi connectivity index (χ4n) is 2.10. The highest BCUT2D eigenvalue weighted by Gasteiger charge is 2.32. The van der Waals surface area contributed by atoms with Crippen LogP contribution in [-0.4, -0.2) is 51.8 Å². The van der Waals surface area contributed by atoms with Crippen molar-refractivity contribution in [2.45, 2.75) is 51.7 Å². The average Bonchev–Trinajstić information content (AvgIpc) is 2.34. The molecule has 0 saturated carbocycles. The van der Waals surface area contributed by atoms with Crippen LogP contribution < -0.4 is 5.32 Å². The Kier molecular flexibility index (Phi) is 5.17. The molecule has 110 valence electrons. The van der Waals surface area contributed by atoms with Crippen LogP contribution in [0.25, 0.3) is 0 Å². The molecular formula is C13H24N2O4. The lowest BCUT2D eigenvalue weighted by Crippen LogP contribution is -2.54. The molecule has 0 aromatic heterocycles. The van der Waals surface area contributed by atoms with Gasteiger partial charge in [-0.15, -0.1) is 0 Å².